The Hall–Kier alpha value is -3.24. The Morgan fingerprint density at radius 3 is 2.46 bits per heavy atom. The van der Waals surface area contributed by atoms with Crippen LogP contribution in [0, 0.1) is 0 Å². The highest BCUT2D eigenvalue weighted by Gasteiger charge is 2.40. The second-order valence-corrected chi connectivity index (χ2v) is 6.06. The molecule has 0 N–H and O–H groups in total. The fourth-order valence-corrected chi connectivity index (χ4v) is 2.72. The molecule has 28 heavy (non-hydrogen) atoms. The molecular formula is C17H22N4O7. The van der Waals surface area contributed by atoms with Crippen LogP contribution in [-0.4, -0.2) is 75.9 Å². The van der Waals surface area contributed by atoms with E-state index in [1.165, 1.54) is 18.9 Å². The number of rotatable bonds is 8. The van der Waals surface area contributed by atoms with Crippen molar-refractivity contribution in [2.75, 3.05) is 20.3 Å². The van der Waals surface area contributed by atoms with Gasteiger partial charge < -0.3 is 23.7 Å². The van der Waals surface area contributed by atoms with E-state index in [1.54, 1.807) is 17.2 Å². The van der Waals surface area contributed by atoms with Crippen LogP contribution in [0.1, 0.15) is 19.8 Å². The molecular weight excluding hydrogens is 372 g/mol. The summed E-state index contributed by atoms with van der Waals surface area (Å²) in [4.78, 5) is 48.2. The van der Waals surface area contributed by atoms with E-state index in [0.29, 0.717) is 13.0 Å². The minimum atomic E-state index is -0.824. The number of hydrogen-bond acceptors (Lipinski definition) is 9. The van der Waals surface area contributed by atoms with Crippen LogP contribution in [-0.2, 0) is 39.9 Å². The number of carbonyl (C=O) groups is 4. The lowest BCUT2D eigenvalue weighted by molar-refractivity contribution is -0.153. The average Bonchev–Trinajstić information content (AvgIpc) is 3.33. The molecule has 11 nitrogen and oxygen atoms in total. The molecule has 1 aromatic heterocycles. The van der Waals surface area contributed by atoms with Gasteiger partial charge in [-0.3, -0.25) is 4.79 Å². The first-order valence-corrected chi connectivity index (χ1v) is 8.63. The largest absolute Gasteiger partial charge is 0.466 e. The molecule has 1 fully saturated rings. The molecule has 0 aliphatic carbocycles. The maximum absolute atomic E-state index is 12.3. The summed E-state index contributed by atoms with van der Waals surface area (Å²) in [6.45, 7) is 2.17. The van der Waals surface area contributed by atoms with E-state index in [1.807, 2.05) is 0 Å². The van der Waals surface area contributed by atoms with Gasteiger partial charge in [0.1, 0.15) is 24.8 Å². The third-order valence-corrected chi connectivity index (χ3v) is 4.05. The minimum Gasteiger partial charge on any atom is -0.466 e. The van der Waals surface area contributed by atoms with Gasteiger partial charge in [-0.1, -0.05) is 0 Å². The Bertz CT molecular complexity index is 732. The summed E-state index contributed by atoms with van der Waals surface area (Å²) in [5.41, 5.74) is 0. The van der Waals surface area contributed by atoms with Gasteiger partial charge in [-0.15, -0.1) is 10.2 Å². The summed E-state index contributed by atoms with van der Waals surface area (Å²) in [5, 5.41) is 7.35. The zero-order valence-corrected chi connectivity index (χ0v) is 15.6. The highest BCUT2D eigenvalue weighted by Crippen LogP contribution is 2.22. The Morgan fingerprint density at radius 1 is 1.14 bits per heavy atom. The lowest BCUT2D eigenvalue weighted by Crippen LogP contribution is -2.40. The van der Waals surface area contributed by atoms with Gasteiger partial charge in [0.2, 0.25) is 5.91 Å². The highest BCUT2D eigenvalue weighted by molar-refractivity contribution is 5.91. The number of amides is 1. The van der Waals surface area contributed by atoms with Crippen LogP contribution < -0.4 is 0 Å². The molecule has 1 aliphatic rings. The molecule has 0 saturated carbocycles. The summed E-state index contributed by atoms with van der Waals surface area (Å²) in [5.74, 6) is -2.33. The maximum atomic E-state index is 12.3. The van der Waals surface area contributed by atoms with E-state index in [-0.39, 0.29) is 25.5 Å². The zero-order chi connectivity index (χ0) is 20.5. The smallest absolute Gasteiger partial charge is 0.331 e. The third-order valence-electron chi connectivity index (χ3n) is 4.05. The normalized spacial score (nSPS) is 18.9. The standard InChI is InChI=1S/C17H22N4O7/c1-12(22)21-9-13(28-16(24)5-4-15(23)26-2)8-14(21)17(25)27-7-3-6-20-10-18-19-11-20/h4-5,10-11,13-14H,3,6-9H2,1-2H3/b5-4+/t13-,14+/m1/s1. The molecule has 2 heterocycles. The van der Waals surface area contributed by atoms with Crippen molar-refractivity contribution in [2.45, 2.75) is 38.5 Å². The molecule has 2 atom stereocenters. The van der Waals surface area contributed by atoms with E-state index >= 15 is 0 Å². The number of aromatic nitrogens is 3. The number of nitrogens with zero attached hydrogens (tertiary/aromatic N) is 4. The number of methoxy groups -OCH3 is 1. The molecule has 0 radical (unpaired) electrons. The monoisotopic (exact) mass is 394 g/mol. The maximum Gasteiger partial charge on any atom is 0.331 e. The first kappa shape index (κ1) is 21.1. The van der Waals surface area contributed by atoms with Crippen molar-refractivity contribution >= 4 is 23.8 Å². The van der Waals surface area contributed by atoms with Crippen LogP contribution in [0.15, 0.2) is 24.8 Å². The Balaban J connectivity index is 1.83. The van der Waals surface area contributed by atoms with Crippen molar-refractivity contribution in [3.05, 3.63) is 24.8 Å². The predicted molar refractivity (Wildman–Crippen MR) is 92.4 cm³/mol. The average molecular weight is 394 g/mol. The molecule has 1 saturated heterocycles. The van der Waals surface area contributed by atoms with E-state index in [2.05, 4.69) is 14.9 Å². The van der Waals surface area contributed by atoms with E-state index in [4.69, 9.17) is 9.47 Å². The fourth-order valence-electron chi connectivity index (χ4n) is 2.72. The molecule has 0 bridgehead atoms. The van der Waals surface area contributed by atoms with Gasteiger partial charge in [0.15, 0.2) is 0 Å². The van der Waals surface area contributed by atoms with E-state index in [0.717, 1.165) is 12.2 Å². The summed E-state index contributed by atoms with van der Waals surface area (Å²) in [6, 6.07) is -0.824. The van der Waals surface area contributed by atoms with Gasteiger partial charge in [0.25, 0.3) is 0 Å². The molecule has 2 rings (SSSR count). The van der Waals surface area contributed by atoms with E-state index in [9.17, 15) is 19.2 Å². The van der Waals surface area contributed by atoms with Crippen LogP contribution in [0.5, 0.6) is 0 Å². The van der Waals surface area contributed by atoms with Crippen molar-refractivity contribution in [3.63, 3.8) is 0 Å². The number of carbonyl (C=O) groups excluding carboxylic acids is 4. The lowest BCUT2D eigenvalue weighted by Gasteiger charge is -2.21. The quantitative estimate of drug-likeness (QED) is 0.247. The van der Waals surface area contributed by atoms with Gasteiger partial charge in [-0.25, -0.2) is 14.4 Å². The number of esters is 3. The molecule has 11 heteroatoms. The SMILES string of the molecule is COC(=O)/C=C/C(=O)O[C@@H]1C[C@@H](C(=O)OCCCn2cnnc2)N(C(C)=O)C1. The Kier molecular flexibility index (Phi) is 7.66. The van der Waals surface area contributed by atoms with Crippen molar-refractivity contribution in [1.29, 1.82) is 0 Å². The number of aryl methyl sites for hydroxylation is 1. The molecule has 152 valence electrons. The van der Waals surface area contributed by atoms with E-state index < -0.39 is 30.1 Å². The van der Waals surface area contributed by atoms with Gasteiger partial charge in [-0.2, -0.15) is 0 Å². The van der Waals surface area contributed by atoms with Crippen LogP contribution in [0.2, 0.25) is 0 Å². The summed E-state index contributed by atoms with van der Waals surface area (Å²) in [6.07, 6.45) is 5.00. The molecule has 0 spiro atoms. The summed E-state index contributed by atoms with van der Waals surface area (Å²) in [7, 11) is 1.18. The number of hydrogen-bond donors (Lipinski definition) is 0. The first-order valence-electron chi connectivity index (χ1n) is 8.63. The molecule has 0 aromatic carbocycles. The molecule has 1 aromatic rings. The van der Waals surface area contributed by atoms with Crippen molar-refractivity contribution in [2.24, 2.45) is 0 Å². The Labute approximate surface area is 161 Å². The summed E-state index contributed by atoms with van der Waals surface area (Å²) >= 11 is 0. The molecule has 0 unspecified atom stereocenters. The zero-order valence-electron chi connectivity index (χ0n) is 15.6. The van der Waals surface area contributed by atoms with Gasteiger partial charge in [-0.05, 0) is 6.42 Å². The van der Waals surface area contributed by atoms with Gasteiger partial charge >= 0.3 is 17.9 Å². The summed E-state index contributed by atoms with van der Waals surface area (Å²) < 4.78 is 16.6. The van der Waals surface area contributed by atoms with Crippen LogP contribution >= 0.6 is 0 Å². The molecule has 1 aliphatic heterocycles. The second-order valence-electron chi connectivity index (χ2n) is 6.06. The van der Waals surface area contributed by atoms with Crippen molar-refractivity contribution in [1.82, 2.24) is 19.7 Å². The topological polar surface area (TPSA) is 130 Å². The third kappa shape index (κ3) is 6.18. The molecule has 1 amide bonds. The van der Waals surface area contributed by atoms with Crippen LogP contribution in [0.25, 0.3) is 0 Å². The van der Waals surface area contributed by atoms with Crippen LogP contribution in [0.4, 0.5) is 0 Å². The number of ether oxygens (including phenoxy) is 3. The first-order chi connectivity index (χ1) is 13.4. The lowest BCUT2D eigenvalue weighted by atomic mass is 10.2. The Morgan fingerprint density at radius 2 is 1.82 bits per heavy atom. The minimum absolute atomic E-state index is 0.0770. The second kappa shape index (κ2) is 10.2. The van der Waals surface area contributed by atoms with Gasteiger partial charge in [0, 0.05) is 32.0 Å². The van der Waals surface area contributed by atoms with Crippen molar-refractivity contribution in [3.8, 4) is 0 Å². The number of likely N-dealkylation sites (tertiary alicyclic amines) is 1. The van der Waals surface area contributed by atoms with Crippen molar-refractivity contribution < 1.29 is 33.4 Å². The predicted octanol–water partition coefficient (Wildman–Crippen LogP) is -0.527. The fraction of sp³-hybridized carbons (Fsp3) is 0.529. The highest BCUT2D eigenvalue weighted by atomic mass is 16.6. The van der Waals surface area contributed by atoms with Crippen LogP contribution in [0.3, 0.4) is 0 Å². The van der Waals surface area contributed by atoms with Gasteiger partial charge in [0.05, 0.1) is 20.3 Å².